The Hall–Kier alpha value is -2.56. The standard InChI is InChI=1S/C20H25N5O3S2/c1-13-6-8-15-16(10-13)23-20(22-15)29-12-19(26)21-17-11-14(30(27,28)25(4)5)7-9-18(17)24(2)3/h6-11H,12H2,1-5H3,(H,21,26)(H,22,23). The number of nitrogens with one attached hydrogen (secondary N) is 2. The largest absolute Gasteiger partial charge is 0.376 e. The molecule has 3 rings (SSSR count). The number of fused-ring (bicyclic) bond motifs is 1. The molecule has 30 heavy (non-hydrogen) atoms. The van der Waals surface area contributed by atoms with E-state index in [-0.39, 0.29) is 16.6 Å². The van der Waals surface area contributed by atoms with E-state index < -0.39 is 10.0 Å². The van der Waals surface area contributed by atoms with Crippen LogP contribution in [0.2, 0.25) is 0 Å². The molecule has 0 fully saturated rings. The van der Waals surface area contributed by atoms with Gasteiger partial charge in [-0.2, -0.15) is 0 Å². The first-order valence-electron chi connectivity index (χ1n) is 9.21. The van der Waals surface area contributed by atoms with Gasteiger partial charge in [-0.25, -0.2) is 17.7 Å². The zero-order valence-corrected chi connectivity index (χ0v) is 19.2. The van der Waals surface area contributed by atoms with Crippen molar-refractivity contribution in [1.29, 1.82) is 0 Å². The molecule has 0 aliphatic rings. The van der Waals surface area contributed by atoms with Crippen molar-refractivity contribution >= 4 is 50.1 Å². The maximum atomic E-state index is 12.6. The topological polar surface area (TPSA) is 98.4 Å². The minimum Gasteiger partial charge on any atom is -0.376 e. The average Bonchev–Trinajstić information content (AvgIpc) is 3.08. The molecule has 0 unspecified atom stereocenters. The molecule has 0 aliphatic carbocycles. The van der Waals surface area contributed by atoms with Gasteiger partial charge in [0, 0.05) is 28.2 Å². The number of hydrogen-bond donors (Lipinski definition) is 2. The van der Waals surface area contributed by atoms with Gasteiger partial charge in [-0.3, -0.25) is 4.79 Å². The molecule has 1 aromatic heterocycles. The summed E-state index contributed by atoms with van der Waals surface area (Å²) in [6, 6.07) is 10.6. The molecule has 3 aromatic rings. The second kappa shape index (κ2) is 8.66. The van der Waals surface area contributed by atoms with Crippen molar-refractivity contribution in [3.8, 4) is 0 Å². The average molecular weight is 448 g/mol. The Balaban J connectivity index is 1.77. The maximum absolute atomic E-state index is 12.6. The van der Waals surface area contributed by atoms with Crippen molar-refractivity contribution in [3.05, 3.63) is 42.0 Å². The molecule has 0 saturated heterocycles. The highest BCUT2D eigenvalue weighted by atomic mass is 32.2. The molecule has 1 amide bonds. The number of aryl methyl sites for hydroxylation is 1. The Bertz CT molecular complexity index is 1190. The number of sulfonamides is 1. The van der Waals surface area contributed by atoms with Crippen LogP contribution in [0.4, 0.5) is 11.4 Å². The van der Waals surface area contributed by atoms with E-state index in [1.54, 1.807) is 6.07 Å². The first kappa shape index (κ1) is 22.1. The van der Waals surface area contributed by atoms with Crippen molar-refractivity contribution in [2.24, 2.45) is 0 Å². The fourth-order valence-electron chi connectivity index (χ4n) is 2.87. The highest BCUT2D eigenvalue weighted by Gasteiger charge is 2.20. The summed E-state index contributed by atoms with van der Waals surface area (Å²) in [7, 11) is 2.99. The summed E-state index contributed by atoms with van der Waals surface area (Å²) in [5.41, 5.74) is 4.05. The highest BCUT2D eigenvalue weighted by Crippen LogP contribution is 2.29. The van der Waals surface area contributed by atoms with E-state index in [1.165, 1.54) is 38.0 Å². The Morgan fingerprint density at radius 2 is 1.87 bits per heavy atom. The molecular weight excluding hydrogens is 422 g/mol. The quantitative estimate of drug-likeness (QED) is 0.541. The van der Waals surface area contributed by atoms with Crippen LogP contribution >= 0.6 is 11.8 Å². The normalized spacial score (nSPS) is 11.8. The monoisotopic (exact) mass is 447 g/mol. The summed E-state index contributed by atoms with van der Waals surface area (Å²) in [6.07, 6.45) is 0. The predicted molar refractivity (Wildman–Crippen MR) is 122 cm³/mol. The van der Waals surface area contributed by atoms with Crippen LogP contribution in [0, 0.1) is 6.92 Å². The van der Waals surface area contributed by atoms with Crippen LogP contribution in [-0.4, -0.2) is 62.5 Å². The number of thioether (sulfide) groups is 1. The number of carbonyl (C=O) groups is 1. The number of H-pyrrole nitrogens is 1. The summed E-state index contributed by atoms with van der Waals surface area (Å²) in [6.45, 7) is 2.01. The summed E-state index contributed by atoms with van der Waals surface area (Å²) < 4.78 is 26.0. The fraction of sp³-hybridized carbons (Fsp3) is 0.300. The first-order chi connectivity index (χ1) is 14.1. The Labute approximate surface area is 180 Å². The van der Waals surface area contributed by atoms with E-state index in [0.717, 1.165) is 20.9 Å². The molecule has 160 valence electrons. The number of anilines is 2. The van der Waals surface area contributed by atoms with Gasteiger partial charge in [-0.15, -0.1) is 0 Å². The lowest BCUT2D eigenvalue weighted by atomic mass is 10.2. The van der Waals surface area contributed by atoms with Gasteiger partial charge in [0.25, 0.3) is 0 Å². The number of aromatic amines is 1. The van der Waals surface area contributed by atoms with Crippen molar-refractivity contribution in [2.45, 2.75) is 17.0 Å². The fourth-order valence-corrected chi connectivity index (χ4v) is 4.48. The summed E-state index contributed by atoms with van der Waals surface area (Å²) in [5, 5.41) is 3.49. The highest BCUT2D eigenvalue weighted by molar-refractivity contribution is 7.99. The molecular formula is C20H25N5O3S2. The predicted octanol–water partition coefficient (Wildman–Crippen LogP) is 2.92. The molecule has 0 saturated carbocycles. The summed E-state index contributed by atoms with van der Waals surface area (Å²) >= 11 is 1.29. The molecule has 2 aromatic carbocycles. The number of nitrogens with zero attached hydrogens (tertiary/aromatic N) is 3. The van der Waals surface area contributed by atoms with Gasteiger partial charge in [-0.05, 0) is 42.8 Å². The van der Waals surface area contributed by atoms with Crippen LogP contribution in [0.25, 0.3) is 11.0 Å². The molecule has 0 spiro atoms. The SMILES string of the molecule is Cc1ccc2nc(SCC(=O)Nc3cc(S(=O)(=O)N(C)C)ccc3N(C)C)[nH]c2c1. The summed E-state index contributed by atoms with van der Waals surface area (Å²) in [4.78, 5) is 22.2. The molecule has 0 radical (unpaired) electrons. The third-order valence-corrected chi connectivity index (χ3v) is 7.14. The second-order valence-corrected chi connectivity index (χ2v) is 10.4. The van der Waals surface area contributed by atoms with E-state index in [9.17, 15) is 13.2 Å². The molecule has 10 heteroatoms. The van der Waals surface area contributed by atoms with Gasteiger partial charge in [-0.1, -0.05) is 17.8 Å². The van der Waals surface area contributed by atoms with Gasteiger partial charge >= 0.3 is 0 Å². The number of hydrogen-bond acceptors (Lipinski definition) is 6. The molecule has 0 atom stereocenters. The van der Waals surface area contributed by atoms with Crippen molar-refractivity contribution in [2.75, 3.05) is 44.2 Å². The molecule has 8 nitrogen and oxygen atoms in total. The van der Waals surface area contributed by atoms with Crippen LogP contribution in [0.5, 0.6) is 0 Å². The third kappa shape index (κ3) is 4.77. The van der Waals surface area contributed by atoms with E-state index in [0.29, 0.717) is 16.5 Å². The Morgan fingerprint density at radius 3 is 2.53 bits per heavy atom. The molecule has 2 N–H and O–H groups in total. The number of aromatic nitrogens is 2. The van der Waals surface area contributed by atoms with Gasteiger partial charge < -0.3 is 15.2 Å². The number of amides is 1. The number of carbonyl (C=O) groups excluding carboxylic acids is 1. The van der Waals surface area contributed by atoms with E-state index in [1.807, 2.05) is 44.1 Å². The molecule has 0 bridgehead atoms. The van der Waals surface area contributed by atoms with Crippen molar-refractivity contribution < 1.29 is 13.2 Å². The molecule has 1 heterocycles. The lowest BCUT2D eigenvalue weighted by Gasteiger charge is -2.20. The van der Waals surface area contributed by atoms with Crippen LogP contribution in [0.3, 0.4) is 0 Å². The Kier molecular flexibility index (Phi) is 6.39. The smallest absolute Gasteiger partial charge is 0.242 e. The van der Waals surface area contributed by atoms with E-state index >= 15 is 0 Å². The van der Waals surface area contributed by atoms with Gasteiger partial charge in [0.15, 0.2) is 5.16 Å². The maximum Gasteiger partial charge on any atom is 0.242 e. The van der Waals surface area contributed by atoms with Gasteiger partial charge in [0.05, 0.1) is 33.1 Å². The van der Waals surface area contributed by atoms with Crippen LogP contribution in [-0.2, 0) is 14.8 Å². The van der Waals surface area contributed by atoms with E-state index in [4.69, 9.17) is 0 Å². The zero-order chi connectivity index (χ0) is 22.1. The number of benzene rings is 2. The van der Waals surface area contributed by atoms with Crippen molar-refractivity contribution in [1.82, 2.24) is 14.3 Å². The number of rotatable bonds is 7. The minimum absolute atomic E-state index is 0.119. The number of imidazole rings is 1. The zero-order valence-electron chi connectivity index (χ0n) is 17.6. The first-order valence-corrected chi connectivity index (χ1v) is 11.6. The lowest BCUT2D eigenvalue weighted by Crippen LogP contribution is -2.23. The van der Waals surface area contributed by atoms with Crippen molar-refractivity contribution in [3.63, 3.8) is 0 Å². The van der Waals surface area contributed by atoms with Crippen LogP contribution < -0.4 is 10.2 Å². The second-order valence-electron chi connectivity index (χ2n) is 7.26. The van der Waals surface area contributed by atoms with Gasteiger partial charge in [0.2, 0.25) is 15.9 Å². The van der Waals surface area contributed by atoms with Gasteiger partial charge in [0.1, 0.15) is 0 Å². The summed E-state index contributed by atoms with van der Waals surface area (Å²) in [5.74, 6) is -0.116. The lowest BCUT2D eigenvalue weighted by molar-refractivity contribution is -0.113. The minimum atomic E-state index is -3.61. The van der Waals surface area contributed by atoms with Crippen LogP contribution in [0.1, 0.15) is 5.56 Å². The van der Waals surface area contributed by atoms with Crippen LogP contribution in [0.15, 0.2) is 46.5 Å². The third-order valence-electron chi connectivity index (χ3n) is 4.46. The molecule has 0 aliphatic heterocycles. The Morgan fingerprint density at radius 1 is 1.13 bits per heavy atom. The van der Waals surface area contributed by atoms with E-state index in [2.05, 4.69) is 15.3 Å².